The minimum atomic E-state index is -4.56. The largest absolute Gasteiger partial charge is 0.490 e. The molecule has 0 saturated carbocycles. The molecule has 5 rings (SSSR count). The highest BCUT2D eigenvalue weighted by Crippen LogP contribution is 2.42. The quantitative estimate of drug-likeness (QED) is 0.548. The molecule has 1 saturated heterocycles. The van der Waals surface area contributed by atoms with Crippen LogP contribution in [0.15, 0.2) is 30.5 Å². The van der Waals surface area contributed by atoms with E-state index in [9.17, 15) is 18.0 Å². The molecular formula is C24H24F3N5O3. The van der Waals surface area contributed by atoms with E-state index in [2.05, 4.69) is 20.3 Å². The summed E-state index contributed by atoms with van der Waals surface area (Å²) in [5.74, 6) is 1.05. The van der Waals surface area contributed by atoms with Crippen molar-refractivity contribution >= 4 is 28.4 Å². The lowest BCUT2D eigenvalue weighted by atomic mass is 10.0. The minimum absolute atomic E-state index is 0.0200. The molecule has 0 spiro atoms. The van der Waals surface area contributed by atoms with Gasteiger partial charge in [0.15, 0.2) is 0 Å². The number of rotatable bonds is 1. The molecule has 1 aromatic carbocycles. The number of carbonyl (C=O) groups is 1. The molecule has 1 fully saturated rings. The van der Waals surface area contributed by atoms with Gasteiger partial charge in [0, 0.05) is 17.4 Å². The van der Waals surface area contributed by atoms with Gasteiger partial charge in [-0.25, -0.2) is 15.0 Å². The lowest BCUT2D eigenvalue weighted by Gasteiger charge is -2.26. The average Bonchev–Trinajstić information content (AvgIpc) is 2.83. The number of hydrogen-bond acceptors (Lipinski definition) is 7. The second-order valence-corrected chi connectivity index (χ2v) is 8.70. The van der Waals surface area contributed by atoms with E-state index < -0.39 is 23.9 Å². The van der Waals surface area contributed by atoms with E-state index in [1.54, 1.807) is 37.1 Å². The van der Waals surface area contributed by atoms with Gasteiger partial charge in [-0.2, -0.15) is 13.2 Å². The number of aryl methyl sites for hydroxylation is 1. The van der Waals surface area contributed by atoms with Crippen LogP contribution < -0.4 is 15.0 Å². The molecule has 184 valence electrons. The fraction of sp³-hybridized carbons (Fsp3) is 0.417. The summed E-state index contributed by atoms with van der Waals surface area (Å²) in [6, 6.07) is 5.19. The van der Waals surface area contributed by atoms with Gasteiger partial charge >= 0.3 is 6.18 Å². The van der Waals surface area contributed by atoms with Gasteiger partial charge in [-0.1, -0.05) is 12.1 Å². The van der Waals surface area contributed by atoms with Crippen molar-refractivity contribution in [1.29, 1.82) is 0 Å². The maximum absolute atomic E-state index is 13.8. The highest BCUT2D eigenvalue weighted by Gasteiger charge is 2.37. The predicted molar refractivity (Wildman–Crippen MR) is 122 cm³/mol. The summed E-state index contributed by atoms with van der Waals surface area (Å²) in [4.78, 5) is 27.6. The number of amides is 1. The fourth-order valence-electron chi connectivity index (χ4n) is 4.32. The van der Waals surface area contributed by atoms with Gasteiger partial charge in [-0.3, -0.25) is 9.69 Å². The fourth-order valence-corrected chi connectivity index (χ4v) is 4.32. The maximum Gasteiger partial charge on any atom is 0.419 e. The van der Waals surface area contributed by atoms with Gasteiger partial charge < -0.3 is 14.8 Å². The summed E-state index contributed by atoms with van der Waals surface area (Å²) in [6.07, 6.45) is -2.62. The number of pyridine rings is 1. The molecule has 2 aliphatic heterocycles. The van der Waals surface area contributed by atoms with E-state index in [-0.39, 0.29) is 18.3 Å². The zero-order chi connectivity index (χ0) is 24.7. The van der Waals surface area contributed by atoms with Crippen molar-refractivity contribution < 1.29 is 27.4 Å². The Bertz CT molecular complexity index is 1280. The lowest BCUT2D eigenvalue weighted by molar-refractivity contribution is -0.139. The second-order valence-electron chi connectivity index (χ2n) is 8.70. The molecule has 2 aliphatic rings. The van der Waals surface area contributed by atoms with E-state index >= 15 is 0 Å². The highest BCUT2D eigenvalue weighted by molar-refractivity contribution is 5.97. The van der Waals surface area contributed by atoms with Gasteiger partial charge in [0.2, 0.25) is 0 Å². The maximum atomic E-state index is 13.8. The molecule has 2 aromatic heterocycles. The molecular weight excluding hydrogens is 463 g/mol. The number of alkyl halides is 3. The van der Waals surface area contributed by atoms with Crippen LogP contribution in [0.5, 0.6) is 5.75 Å². The number of nitrogens with zero attached hydrogens (tertiary/aromatic N) is 4. The summed E-state index contributed by atoms with van der Waals surface area (Å²) >= 11 is 0. The Morgan fingerprint density at radius 2 is 2.03 bits per heavy atom. The molecule has 0 unspecified atom stereocenters. The van der Waals surface area contributed by atoms with Crippen LogP contribution in [0.2, 0.25) is 0 Å². The topological polar surface area (TPSA) is 89.5 Å². The number of hydrogen-bond donors (Lipinski definition) is 1. The summed E-state index contributed by atoms with van der Waals surface area (Å²) in [5, 5.41) is 3.88. The molecule has 35 heavy (non-hydrogen) atoms. The molecule has 2 atom stereocenters. The van der Waals surface area contributed by atoms with Crippen molar-refractivity contribution in [2.75, 3.05) is 30.0 Å². The molecule has 11 heteroatoms. The molecule has 0 aliphatic carbocycles. The van der Waals surface area contributed by atoms with Crippen molar-refractivity contribution in [3.63, 3.8) is 0 Å². The van der Waals surface area contributed by atoms with Gasteiger partial charge in [0.1, 0.15) is 29.8 Å². The molecule has 1 N–H and O–H groups in total. The third kappa shape index (κ3) is 4.60. The Balaban J connectivity index is 1.62. The average molecular weight is 487 g/mol. The summed E-state index contributed by atoms with van der Waals surface area (Å²) in [7, 11) is 0. The number of nitrogens with one attached hydrogen (secondary N) is 1. The Hall–Kier alpha value is -3.47. The monoisotopic (exact) mass is 487 g/mol. The lowest BCUT2D eigenvalue weighted by Crippen LogP contribution is -2.42. The summed E-state index contributed by atoms with van der Waals surface area (Å²) < 4.78 is 52.5. The normalized spacial score (nSPS) is 21.1. The van der Waals surface area contributed by atoms with Crippen molar-refractivity contribution in [3.05, 3.63) is 47.4 Å². The number of ether oxygens (including phenoxy) is 2. The first kappa shape index (κ1) is 23.3. The third-order valence-corrected chi connectivity index (χ3v) is 6.14. The van der Waals surface area contributed by atoms with E-state index in [1.807, 2.05) is 0 Å². The molecule has 8 nitrogen and oxygen atoms in total. The molecule has 1 amide bonds. The van der Waals surface area contributed by atoms with E-state index in [1.165, 1.54) is 6.07 Å². The van der Waals surface area contributed by atoms with Gasteiger partial charge in [-0.05, 0) is 32.4 Å². The molecule has 0 radical (unpaired) electrons. The number of para-hydroxylation sites is 1. The van der Waals surface area contributed by atoms with Gasteiger partial charge in [0.05, 0.1) is 42.6 Å². The number of halogens is 3. The van der Waals surface area contributed by atoms with Crippen molar-refractivity contribution in [1.82, 2.24) is 15.0 Å². The smallest absolute Gasteiger partial charge is 0.419 e. The van der Waals surface area contributed by atoms with E-state index in [0.717, 1.165) is 6.07 Å². The van der Waals surface area contributed by atoms with Crippen LogP contribution in [-0.4, -0.2) is 46.7 Å². The Labute approximate surface area is 199 Å². The van der Waals surface area contributed by atoms with Crippen molar-refractivity contribution in [2.45, 2.75) is 45.0 Å². The van der Waals surface area contributed by atoms with Crippen LogP contribution in [0.4, 0.5) is 24.8 Å². The number of benzene rings is 1. The zero-order valence-corrected chi connectivity index (χ0v) is 19.2. The van der Waals surface area contributed by atoms with Gasteiger partial charge in [-0.15, -0.1) is 0 Å². The summed E-state index contributed by atoms with van der Waals surface area (Å²) in [6.45, 7) is 4.25. The SMILES string of the molecule is C[C@@H]1CCc2nc(c3cc(N4CCOCC4=O)ncc3n2)N[C@H](C)c2cccc(C(F)(F)F)c2O1. The Kier molecular flexibility index (Phi) is 5.96. The zero-order valence-electron chi connectivity index (χ0n) is 19.2. The number of carbonyl (C=O) groups excluding carboxylic acids is 1. The van der Waals surface area contributed by atoms with Crippen LogP contribution in [-0.2, 0) is 22.1 Å². The first-order valence-corrected chi connectivity index (χ1v) is 11.4. The van der Waals surface area contributed by atoms with Crippen molar-refractivity contribution in [2.24, 2.45) is 0 Å². The van der Waals surface area contributed by atoms with Crippen molar-refractivity contribution in [3.8, 4) is 5.75 Å². The predicted octanol–water partition coefficient (Wildman–Crippen LogP) is 4.29. The second kappa shape index (κ2) is 8.95. The number of aromatic nitrogens is 3. The van der Waals surface area contributed by atoms with Crippen LogP contribution in [0.3, 0.4) is 0 Å². The minimum Gasteiger partial charge on any atom is -0.490 e. The van der Waals surface area contributed by atoms with E-state index in [0.29, 0.717) is 59.9 Å². The standard InChI is InChI=1S/C24H24F3N5O3/c1-13-6-7-19-30-18-11-28-20(32-8-9-34-12-21(32)33)10-16(18)23(31-19)29-14(2)15-4-3-5-17(22(15)35-13)24(25,26)27/h3-5,10-11,13-14H,6-9,12H2,1-2H3,(H,29,30,31)/t13-,14-/m1/s1. The highest BCUT2D eigenvalue weighted by atomic mass is 19.4. The Morgan fingerprint density at radius 1 is 1.20 bits per heavy atom. The van der Waals surface area contributed by atoms with E-state index in [4.69, 9.17) is 9.47 Å². The first-order valence-electron chi connectivity index (χ1n) is 11.4. The number of morpholine rings is 1. The van der Waals surface area contributed by atoms with Crippen LogP contribution in [0.1, 0.15) is 43.3 Å². The molecule has 2 bridgehead atoms. The van der Waals surface area contributed by atoms with Crippen LogP contribution in [0.25, 0.3) is 10.9 Å². The third-order valence-electron chi connectivity index (χ3n) is 6.14. The first-order chi connectivity index (χ1) is 16.7. The van der Waals surface area contributed by atoms with Crippen LogP contribution in [0, 0.1) is 0 Å². The summed E-state index contributed by atoms with van der Waals surface area (Å²) in [5.41, 5.74) is 0.139. The number of anilines is 2. The molecule has 3 aromatic rings. The molecule has 4 heterocycles. The van der Waals surface area contributed by atoms with Crippen LogP contribution >= 0.6 is 0 Å². The Morgan fingerprint density at radius 3 is 2.80 bits per heavy atom. The van der Waals surface area contributed by atoms with Gasteiger partial charge in [0.25, 0.3) is 5.91 Å². The number of fused-ring (bicyclic) bond motifs is 5.